The van der Waals surface area contributed by atoms with Crippen LogP contribution in [-0.4, -0.2) is 74.3 Å². The van der Waals surface area contributed by atoms with Crippen LogP contribution in [0.15, 0.2) is 42.5 Å². The predicted octanol–water partition coefficient (Wildman–Crippen LogP) is 4.74. The quantitative estimate of drug-likeness (QED) is 0.340. The van der Waals surface area contributed by atoms with Gasteiger partial charge in [0, 0.05) is 35.7 Å². The lowest BCUT2D eigenvalue weighted by molar-refractivity contribution is -0.150. The number of nitrogens with one attached hydrogen (secondary N) is 2. The largest absolute Gasteiger partial charge is 0.489 e. The molecule has 2 aliphatic rings. The Balaban J connectivity index is 1.34. The first kappa shape index (κ1) is 25.9. The highest BCUT2D eigenvalue weighted by Crippen LogP contribution is 2.40. The molecular weight excluding hydrogens is 483 g/mol. The lowest BCUT2D eigenvalue weighted by Gasteiger charge is -2.45. The minimum atomic E-state index is -1.40. The number of para-hydroxylation sites is 1. The number of rotatable bonds is 12. The first-order valence-corrected chi connectivity index (χ1v) is 12.9. The third-order valence-corrected chi connectivity index (χ3v) is 7.18. The van der Waals surface area contributed by atoms with E-state index in [9.17, 15) is 4.39 Å². The number of hydrogen-bond donors (Lipinski definition) is 2. The van der Waals surface area contributed by atoms with Crippen LogP contribution in [0.5, 0.6) is 11.5 Å². The van der Waals surface area contributed by atoms with Crippen LogP contribution in [0.1, 0.15) is 30.6 Å². The van der Waals surface area contributed by atoms with Crippen molar-refractivity contribution in [2.75, 3.05) is 52.7 Å². The Labute approximate surface area is 215 Å². The molecular formula is C28H34F3N3O3. The van der Waals surface area contributed by atoms with Gasteiger partial charge in [-0.3, -0.25) is 9.29 Å². The maximum Gasteiger partial charge on any atom is 0.206 e. The fraction of sp³-hybridized carbons (Fsp3) is 0.500. The second-order valence-corrected chi connectivity index (χ2v) is 9.97. The fourth-order valence-electron chi connectivity index (χ4n) is 5.23. The number of ether oxygens (including phenoxy) is 3. The molecule has 0 bridgehead atoms. The van der Waals surface area contributed by atoms with Gasteiger partial charge in [-0.25, -0.2) is 4.39 Å². The number of aromatic nitrogens is 1. The van der Waals surface area contributed by atoms with Crippen molar-refractivity contribution in [3.63, 3.8) is 0 Å². The molecule has 37 heavy (non-hydrogen) atoms. The molecule has 0 aliphatic carbocycles. The number of aromatic amines is 1. The fourth-order valence-corrected chi connectivity index (χ4v) is 5.23. The van der Waals surface area contributed by atoms with E-state index in [2.05, 4.69) is 28.2 Å². The Kier molecular flexibility index (Phi) is 7.92. The minimum Gasteiger partial charge on any atom is -0.489 e. The SMILES string of the molecule is C[C@@H]1Cc2c([nH]c3ccccc23)[C@H](COc2cccc(OCCNCCCF)c2F)N1CC1(F)COC1. The Morgan fingerprint density at radius 1 is 1.11 bits per heavy atom. The maximum atomic E-state index is 15.2. The molecule has 5 rings (SSSR count). The van der Waals surface area contributed by atoms with Gasteiger partial charge in [0.2, 0.25) is 5.82 Å². The van der Waals surface area contributed by atoms with Crippen molar-refractivity contribution >= 4 is 10.9 Å². The smallest absolute Gasteiger partial charge is 0.206 e. The maximum absolute atomic E-state index is 15.2. The second kappa shape index (κ2) is 11.3. The van der Waals surface area contributed by atoms with E-state index in [0.717, 1.165) is 23.0 Å². The number of fused-ring (bicyclic) bond motifs is 3. The molecule has 1 fully saturated rings. The Morgan fingerprint density at radius 2 is 1.89 bits per heavy atom. The molecule has 3 heterocycles. The van der Waals surface area contributed by atoms with Crippen molar-refractivity contribution in [3.05, 3.63) is 59.5 Å². The van der Waals surface area contributed by atoms with Gasteiger partial charge >= 0.3 is 0 Å². The van der Waals surface area contributed by atoms with Crippen molar-refractivity contribution < 1.29 is 27.4 Å². The molecule has 3 aromatic rings. The number of hydrogen-bond acceptors (Lipinski definition) is 5. The normalized spacial score (nSPS) is 21.0. The minimum absolute atomic E-state index is 0.0675. The highest BCUT2D eigenvalue weighted by Gasteiger charge is 2.45. The second-order valence-electron chi connectivity index (χ2n) is 9.97. The van der Waals surface area contributed by atoms with Gasteiger partial charge in [-0.2, -0.15) is 4.39 Å². The Morgan fingerprint density at radius 3 is 2.65 bits per heavy atom. The average molecular weight is 518 g/mol. The molecule has 2 N–H and O–H groups in total. The summed E-state index contributed by atoms with van der Waals surface area (Å²) in [7, 11) is 0. The number of nitrogens with zero attached hydrogens (tertiary/aromatic N) is 1. The average Bonchev–Trinajstić information content (AvgIpc) is 3.24. The third kappa shape index (κ3) is 5.58. The van der Waals surface area contributed by atoms with Crippen LogP contribution in [0.25, 0.3) is 10.9 Å². The summed E-state index contributed by atoms with van der Waals surface area (Å²) in [6.07, 6.45) is 1.22. The number of alkyl halides is 2. The zero-order valence-electron chi connectivity index (χ0n) is 21.1. The topological polar surface area (TPSA) is 58.8 Å². The summed E-state index contributed by atoms with van der Waals surface area (Å²) in [4.78, 5) is 5.64. The Hall–Kier alpha value is -2.75. The summed E-state index contributed by atoms with van der Waals surface area (Å²) in [6.45, 7) is 3.53. The molecule has 2 atom stereocenters. The van der Waals surface area contributed by atoms with E-state index in [-0.39, 0.29) is 63.2 Å². The molecule has 1 aromatic heterocycles. The molecule has 0 spiro atoms. The van der Waals surface area contributed by atoms with Gasteiger partial charge in [-0.1, -0.05) is 24.3 Å². The van der Waals surface area contributed by atoms with E-state index < -0.39 is 11.5 Å². The molecule has 2 aromatic carbocycles. The van der Waals surface area contributed by atoms with Crippen molar-refractivity contribution in [1.82, 2.24) is 15.2 Å². The Bertz CT molecular complexity index is 1200. The first-order chi connectivity index (χ1) is 18.0. The number of halogens is 3. The van der Waals surface area contributed by atoms with Gasteiger partial charge in [0.05, 0.1) is 25.9 Å². The molecule has 2 aliphatic heterocycles. The van der Waals surface area contributed by atoms with Crippen molar-refractivity contribution in [2.45, 2.75) is 37.5 Å². The summed E-state index contributed by atoms with van der Waals surface area (Å²) in [5, 5.41) is 4.20. The van der Waals surface area contributed by atoms with Crippen LogP contribution in [0.3, 0.4) is 0 Å². The van der Waals surface area contributed by atoms with Crippen LogP contribution >= 0.6 is 0 Å². The van der Waals surface area contributed by atoms with Crippen LogP contribution in [-0.2, 0) is 11.2 Å². The van der Waals surface area contributed by atoms with E-state index in [0.29, 0.717) is 19.5 Å². The first-order valence-electron chi connectivity index (χ1n) is 12.9. The molecule has 0 amide bonds. The van der Waals surface area contributed by atoms with Gasteiger partial charge in [-0.05, 0) is 50.1 Å². The van der Waals surface area contributed by atoms with Crippen molar-refractivity contribution in [2.24, 2.45) is 0 Å². The summed E-state index contributed by atoms with van der Waals surface area (Å²) >= 11 is 0. The molecule has 0 saturated carbocycles. The highest BCUT2D eigenvalue weighted by molar-refractivity contribution is 5.85. The van der Waals surface area contributed by atoms with Crippen LogP contribution < -0.4 is 14.8 Å². The summed E-state index contributed by atoms with van der Waals surface area (Å²) in [6, 6.07) is 12.7. The van der Waals surface area contributed by atoms with Gasteiger partial charge in [0.15, 0.2) is 17.2 Å². The molecule has 0 radical (unpaired) electrons. The number of H-pyrrole nitrogens is 1. The lowest BCUT2D eigenvalue weighted by atomic mass is 9.90. The van der Waals surface area contributed by atoms with E-state index in [1.54, 1.807) is 18.2 Å². The zero-order valence-corrected chi connectivity index (χ0v) is 21.1. The number of benzene rings is 2. The predicted molar refractivity (Wildman–Crippen MR) is 136 cm³/mol. The van der Waals surface area contributed by atoms with Crippen LogP contribution in [0.2, 0.25) is 0 Å². The molecule has 1 saturated heterocycles. The van der Waals surface area contributed by atoms with Crippen LogP contribution in [0.4, 0.5) is 13.2 Å². The summed E-state index contributed by atoms with van der Waals surface area (Å²) in [5.74, 6) is -0.396. The monoisotopic (exact) mass is 517 g/mol. The van der Waals surface area contributed by atoms with E-state index in [4.69, 9.17) is 14.2 Å². The zero-order chi connectivity index (χ0) is 25.8. The lowest BCUT2D eigenvalue weighted by Crippen LogP contribution is -2.57. The molecule has 0 unspecified atom stereocenters. The summed E-state index contributed by atoms with van der Waals surface area (Å²) < 4.78 is 59.4. The molecule has 6 nitrogen and oxygen atoms in total. The highest BCUT2D eigenvalue weighted by atomic mass is 19.1. The molecule has 200 valence electrons. The van der Waals surface area contributed by atoms with Crippen molar-refractivity contribution in [3.8, 4) is 11.5 Å². The van der Waals surface area contributed by atoms with E-state index in [1.807, 2.05) is 18.2 Å². The van der Waals surface area contributed by atoms with Crippen LogP contribution in [0, 0.1) is 5.82 Å². The molecule has 9 heteroatoms. The van der Waals surface area contributed by atoms with Crippen molar-refractivity contribution in [1.29, 1.82) is 0 Å². The van der Waals surface area contributed by atoms with Gasteiger partial charge in [0.25, 0.3) is 0 Å². The third-order valence-electron chi connectivity index (χ3n) is 7.18. The van der Waals surface area contributed by atoms with Gasteiger partial charge in [-0.15, -0.1) is 0 Å². The van der Waals surface area contributed by atoms with E-state index in [1.165, 1.54) is 5.56 Å². The van der Waals surface area contributed by atoms with Gasteiger partial charge < -0.3 is 24.5 Å². The van der Waals surface area contributed by atoms with E-state index >= 15 is 8.78 Å². The van der Waals surface area contributed by atoms with Gasteiger partial charge in [0.1, 0.15) is 13.2 Å². The standard InChI is InChI=1S/C28H34F3N3O3/c1-19-14-21-20-6-2-3-7-22(20)33-27(21)23(34(19)16-28(31)17-35-18-28)15-37-25-9-4-8-24(26(25)30)36-13-12-32-11-5-10-29/h2-4,6-9,19,23,32-33H,5,10-18H2,1H3/t19-,23+/m1/s1. The summed E-state index contributed by atoms with van der Waals surface area (Å²) in [5.41, 5.74) is 1.81.